The number of hydrogen-bond donors (Lipinski definition) is 2. The molecule has 3 amide bonds. The van der Waals surface area contributed by atoms with E-state index < -0.39 is 17.6 Å². The van der Waals surface area contributed by atoms with Gasteiger partial charge in [0.05, 0.1) is 11.3 Å². The number of carbonyl (C=O) groups excluding carboxylic acids is 3. The number of benzene rings is 1. The lowest BCUT2D eigenvalue weighted by Crippen LogP contribution is -2.35. The highest BCUT2D eigenvalue weighted by atomic mass is 16.6. The summed E-state index contributed by atoms with van der Waals surface area (Å²) in [4.78, 5) is 36.4. The van der Waals surface area contributed by atoms with Crippen LogP contribution in [0.2, 0.25) is 0 Å². The second-order valence-electron chi connectivity index (χ2n) is 6.11. The van der Waals surface area contributed by atoms with E-state index in [4.69, 9.17) is 10.5 Å². The number of primary amides is 1. The summed E-state index contributed by atoms with van der Waals surface area (Å²) in [7, 11) is 1.55. The average molecular weight is 321 g/mol. The van der Waals surface area contributed by atoms with Crippen molar-refractivity contribution in [3.63, 3.8) is 0 Å². The smallest absolute Gasteiger partial charge is 0.410 e. The highest BCUT2D eigenvalue weighted by Gasteiger charge is 2.20. The lowest BCUT2D eigenvalue weighted by molar-refractivity contribution is -0.116. The van der Waals surface area contributed by atoms with Crippen molar-refractivity contribution < 1.29 is 19.1 Å². The Morgan fingerprint density at radius 2 is 1.83 bits per heavy atom. The topological polar surface area (TPSA) is 102 Å². The number of ether oxygens (including phenoxy) is 1. The fourth-order valence-electron chi connectivity index (χ4n) is 1.72. The minimum atomic E-state index is -0.619. The Bertz CT molecular complexity index is 593. The van der Waals surface area contributed by atoms with Crippen LogP contribution in [0.15, 0.2) is 24.3 Å². The fraction of sp³-hybridized carbons (Fsp3) is 0.438. The first-order valence-corrected chi connectivity index (χ1v) is 7.23. The van der Waals surface area contributed by atoms with E-state index in [0.29, 0.717) is 5.69 Å². The summed E-state index contributed by atoms with van der Waals surface area (Å²) in [6.07, 6.45) is -0.425. The number of hydrogen-bond acceptors (Lipinski definition) is 4. The van der Waals surface area contributed by atoms with Crippen LogP contribution in [0.4, 0.5) is 10.5 Å². The molecule has 0 radical (unpaired) electrons. The third-order valence-electron chi connectivity index (χ3n) is 2.85. The Morgan fingerprint density at radius 3 is 2.39 bits per heavy atom. The lowest BCUT2D eigenvalue weighted by Gasteiger charge is -2.24. The van der Waals surface area contributed by atoms with Gasteiger partial charge >= 0.3 is 6.09 Å². The van der Waals surface area contributed by atoms with Gasteiger partial charge in [-0.25, -0.2) is 4.79 Å². The maximum atomic E-state index is 12.0. The summed E-state index contributed by atoms with van der Waals surface area (Å²) in [6, 6.07) is 6.47. The van der Waals surface area contributed by atoms with Gasteiger partial charge in [0, 0.05) is 20.0 Å². The van der Waals surface area contributed by atoms with E-state index in [-0.39, 0.29) is 24.4 Å². The summed E-state index contributed by atoms with van der Waals surface area (Å²) in [6.45, 7) is 5.50. The molecule has 0 aromatic heterocycles. The van der Waals surface area contributed by atoms with E-state index in [1.807, 2.05) is 0 Å². The van der Waals surface area contributed by atoms with Crippen molar-refractivity contribution in [2.24, 2.45) is 5.73 Å². The van der Waals surface area contributed by atoms with Crippen LogP contribution < -0.4 is 11.1 Å². The lowest BCUT2D eigenvalue weighted by atomic mass is 10.1. The molecule has 0 aliphatic rings. The van der Waals surface area contributed by atoms with E-state index in [2.05, 4.69) is 5.32 Å². The van der Waals surface area contributed by atoms with Crippen LogP contribution in [0, 0.1) is 0 Å². The second-order valence-corrected chi connectivity index (χ2v) is 6.11. The van der Waals surface area contributed by atoms with Gasteiger partial charge in [0.2, 0.25) is 5.91 Å². The molecule has 3 N–H and O–H groups in total. The molecule has 0 bridgehead atoms. The first-order chi connectivity index (χ1) is 10.6. The van der Waals surface area contributed by atoms with Crippen molar-refractivity contribution in [3.05, 3.63) is 29.8 Å². The molecule has 0 aliphatic heterocycles. The maximum absolute atomic E-state index is 12.0. The van der Waals surface area contributed by atoms with Gasteiger partial charge in [-0.2, -0.15) is 0 Å². The molecule has 1 aromatic rings. The van der Waals surface area contributed by atoms with Crippen LogP contribution in [-0.2, 0) is 9.53 Å². The van der Waals surface area contributed by atoms with Crippen molar-refractivity contribution in [1.29, 1.82) is 0 Å². The zero-order chi connectivity index (χ0) is 17.6. The third kappa shape index (κ3) is 6.37. The molecular formula is C16H23N3O4. The minimum absolute atomic E-state index is 0.0723. The first-order valence-electron chi connectivity index (χ1n) is 7.23. The maximum Gasteiger partial charge on any atom is 0.410 e. The quantitative estimate of drug-likeness (QED) is 0.865. The van der Waals surface area contributed by atoms with Gasteiger partial charge in [-0.05, 0) is 32.9 Å². The number of rotatable bonds is 5. The molecule has 0 unspecified atom stereocenters. The number of amides is 3. The molecule has 0 fully saturated rings. The number of nitrogens with zero attached hydrogens (tertiary/aromatic N) is 1. The van der Waals surface area contributed by atoms with Crippen molar-refractivity contribution in [3.8, 4) is 0 Å². The minimum Gasteiger partial charge on any atom is -0.444 e. The summed E-state index contributed by atoms with van der Waals surface area (Å²) in [5.41, 5.74) is 5.25. The number of carbonyl (C=O) groups is 3. The molecule has 7 heteroatoms. The molecular weight excluding hydrogens is 298 g/mol. The molecule has 7 nitrogen and oxygen atoms in total. The molecule has 126 valence electrons. The number of para-hydroxylation sites is 1. The predicted molar refractivity (Wildman–Crippen MR) is 87.1 cm³/mol. The molecule has 0 saturated carbocycles. The van der Waals surface area contributed by atoms with Crippen LogP contribution >= 0.6 is 0 Å². The SMILES string of the molecule is CN(CCC(=O)Nc1ccccc1C(N)=O)C(=O)OC(C)(C)C. The largest absolute Gasteiger partial charge is 0.444 e. The molecule has 1 aromatic carbocycles. The molecule has 1 rings (SSSR count). The van der Waals surface area contributed by atoms with Crippen LogP contribution in [-0.4, -0.2) is 42.0 Å². The van der Waals surface area contributed by atoms with Gasteiger partial charge in [-0.3, -0.25) is 9.59 Å². The van der Waals surface area contributed by atoms with E-state index in [1.165, 1.54) is 11.0 Å². The van der Waals surface area contributed by atoms with Gasteiger partial charge in [-0.15, -0.1) is 0 Å². The van der Waals surface area contributed by atoms with Crippen LogP contribution in [0.5, 0.6) is 0 Å². The molecule has 0 aliphatic carbocycles. The van der Waals surface area contributed by atoms with Crippen LogP contribution in [0.3, 0.4) is 0 Å². The average Bonchev–Trinajstić information content (AvgIpc) is 2.43. The fourth-order valence-corrected chi connectivity index (χ4v) is 1.72. The van der Waals surface area contributed by atoms with Crippen molar-refractivity contribution in [2.45, 2.75) is 32.8 Å². The zero-order valence-corrected chi connectivity index (χ0v) is 13.9. The standard InChI is InChI=1S/C16H23N3O4/c1-16(2,3)23-15(22)19(4)10-9-13(20)18-12-8-6-5-7-11(12)14(17)21/h5-8H,9-10H2,1-4H3,(H2,17,21)(H,18,20). The Hall–Kier alpha value is -2.57. The van der Waals surface area contributed by atoms with Crippen molar-refractivity contribution in [2.75, 3.05) is 18.9 Å². The second kappa shape index (κ2) is 7.62. The zero-order valence-electron chi connectivity index (χ0n) is 13.9. The number of nitrogens with one attached hydrogen (secondary N) is 1. The van der Waals surface area contributed by atoms with Gasteiger partial charge < -0.3 is 20.7 Å². The van der Waals surface area contributed by atoms with Gasteiger partial charge in [-0.1, -0.05) is 12.1 Å². The summed E-state index contributed by atoms with van der Waals surface area (Å²) in [5, 5.41) is 2.62. The Morgan fingerprint density at radius 1 is 1.22 bits per heavy atom. The van der Waals surface area contributed by atoms with E-state index in [0.717, 1.165) is 0 Å². The highest BCUT2D eigenvalue weighted by Crippen LogP contribution is 2.14. The van der Waals surface area contributed by atoms with Gasteiger partial charge in [0.25, 0.3) is 5.91 Å². The molecule has 0 atom stereocenters. The molecule has 0 heterocycles. The Labute approximate surface area is 135 Å². The van der Waals surface area contributed by atoms with Crippen LogP contribution in [0.25, 0.3) is 0 Å². The highest BCUT2D eigenvalue weighted by molar-refractivity contribution is 6.03. The van der Waals surface area contributed by atoms with Crippen molar-refractivity contribution in [1.82, 2.24) is 4.90 Å². The van der Waals surface area contributed by atoms with Gasteiger partial charge in [0.15, 0.2) is 0 Å². The van der Waals surface area contributed by atoms with E-state index in [9.17, 15) is 14.4 Å². The predicted octanol–water partition coefficient (Wildman–Crippen LogP) is 1.98. The van der Waals surface area contributed by atoms with E-state index in [1.54, 1.807) is 46.0 Å². The molecule has 23 heavy (non-hydrogen) atoms. The molecule has 0 spiro atoms. The third-order valence-corrected chi connectivity index (χ3v) is 2.85. The monoisotopic (exact) mass is 321 g/mol. The number of anilines is 1. The van der Waals surface area contributed by atoms with Crippen LogP contribution in [0.1, 0.15) is 37.6 Å². The number of nitrogens with two attached hydrogens (primary N) is 1. The van der Waals surface area contributed by atoms with Crippen molar-refractivity contribution >= 4 is 23.6 Å². The van der Waals surface area contributed by atoms with Gasteiger partial charge in [0.1, 0.15) is 5.60 Å². The first kappa shape index (κ1) is 18.5. The normalized spacial score (nSPS) is 10.8. The Kier molecular flexibility index (Phi) is 6.12. The van der Waals surface area contributed by atoms with E-state index >= 15 is 0 Å². The molecule has 0 saturated heterocycles. The Balaban J connectivity index is 2.55. The summed E-state index contributed by atoms with van der Waals surface area (Å²) >= 11 is 0. The summed E-state index contributed by atoms with van der Waals surface area (Å²) < 4.78 is 5.19. The summed E-state index contributed by atoms with van der Waals surface area (Å²) in [5.74, 6) is -0.944.